The van der Waals surface area contributed by atoms with Crippen molar-refractivity contribution in [3.63, 3.8) is 0 Å². The summed E-state index contributed by atoms with van der Waals surface area (Å²) in [6.07, 6.45) is 2.56. The van der Waals surface area contributed by atoms with Crippen molar-refractivity contribution in [1.29, 1.82) is 0 Å². The summed E-state index contributed by atoms with van der Waals surface area (Å²) in [5.74, 6) is 0.400. The molecule has 2 aromatic rings. The van der Waals surface area contributed by atoms with Gasteiger partial charge < -0.3 is 14.4 Å². The first kappa shape index (κ1) is 18.9. The standard InChI is InChI=1S/C15H18BrN3O4S/c16-12-5-3-11(4-6-12)14-13(2-1-7-19-24(21)22)17-10-18-15(14)23-9-8-20/h3-6,10,19-20H,1-2,7-9H2,(H,21,22)/p-1. The molecular formula is C15H17BrN3O4S-. The second-order valence-electron chi connectivity index (χ2n) is 4.81. The molecule has 0 spiro atoms. The van der Waals surface area contributed by atoms with Crippen molar-refractivity contribution < 1.29 is 18.6 Å². The van der Waals surface area contributed by atoms with E-state index in [-0.39, 0.29) is 13.2 Å². The van der Waals surface area contributed by atoms with Crippen molar-refractivity contribution in [3.05, 3.63) is 40.8 Å². The number of nitrogens with zero attached hydrogens (tertiary/aromatic N) is 2. The normalized spacial score (nSPS) is 12.1. The number of rotatable bonds is 9. The predicted octanol–water partition coefficient (Wildman–Crippen LogP) is 1.59. The van der Waals surface area contributed by atoms with Crippen LogP contribution in [-0.4, -0.2) is 43.6 Å². The lowest BCUT2D eigenvalue weighted by molar-refractivity contribution is 0.197. The highest BCUT2D eigenvalue weighted by Gasteiger charge is 2.15. The molecular weight excluding hydrogens is 398 g/mol. The topological polar surface area (TPSA) is 107 Å². The van der Waals surface area contributed by atoms with E-state index in [2.05, 4.69) is 30.6 Å². The van der Waals surface area contributed by atoms with E-state index in [0.717, 1.165) is 21.3 Å². The van der Waals surface area contributed by atoms with E-state index in [0.29, 0.717) is 25.3 Å². The molecule has 130 valence electrons. The highest BCUT2D eigenvalue weighted by molar-refractivity contribution is 9.10. The number of hydrogen-bond acceptors (Lipinski definition) is 6. The van der Waals surface area contributed by atoms with Crippen LogP contribution in [0.3, 0.4) is 0 Å². The molecule has 0 amide bonds. The second kappa shape index (κ2) is 9.80. The van der Waals surface area contributed by atoms with Gasteiger partial charge in [-0.2, -0.15) is 0 Å². The summed E-state index contributed by atoms with van der Waals surface area (Å²) in [4.78, 5) is 8.48. The van der Waals surface area contributed by atoms with Gasteiger partial charge in [0, 0.05) is 22.3 Å². The molecule has 0 bridgehead atoms. The molecule has 1 aromatic carbocycles. The first-order valence-corrected chi connectivity index (χ1v) is 9.15. The second-order valence-corrected chi connectivity index (χ2v) is 6.49. The Balaban J connectivity index is 2.27. The maximum atomic E-state index is 10.5. The lowest BCUT2D eigenvalue weighted by atomic mass is 10.0. The zero-order valence-corrected chi connectivity index (χ0v) is 15.2. The molecule has 7 nitrogen and oxygen atoms in total. The zero-order chi connectivity index (χ0) is 17.4. The number of aromatic nitrogens is 2. The number of aliphatic hydroxyl groups is 1. The third-order valence-electron chi connectivity index (χ3n) is 3.16. The molecule has 9 heteroatoms. The van der Waals surface area contributed by atoms with Crippen LogP contribution >= 0.6 is 15.9 Å². The molecule has 24 heavy (non-hydrogen) atoms. The molecule has 1 aromatic heterocycles. The number of hydrogen-bond donors (Lipinski definition) is 2. The Labute approximate surface area is 151 Å². The Morgan fingerprint density at radius 2 is 2.04 bits per heavy atom. The summed E-state index contributed by atoms with van der Waals surface area (Å²) in [5.41, 5.74) is 2.41. The van der Waals surface area contributed by atoms with E-state index in [9.17, 15) is 8.76 Å². The van der Waals surface area contributed by atoms with Crippen LogP contribution in [0.5, 0.6) is 5.88 Å². The van der Waals surface area contributed by atoms with E-state index >= 15 is 0 Å². The van der Waals surface area contributed by atoms with Gasteiger partial charge in [-0.1, -0.05) is 28.1 Å². The number of ether oxygens (including phenoxy) is 1. The van der Waals surface area contributed by atoms with Gasteiger partial charge >= 0.3 is 0 Å². The molecule has 0 radical (unpaired) electrons. The minimum Gasteiger partial charge on any atom is -0.760 e. The van der Waals surface area contributed by atoms with Gasteiger partial charge in [0.25, 0.3) is 0 Å². The van der Waals surface area contributed by atoms with Gasteiger partial charge in [-0.15, -0.1) is 0 Å². The fourth-order valence-electron chi connectivity index (χ4n) is 2.16. The van der Waals surface area contributed by atoms with E-state index in [1.807, 2.05) is 24.3 Å². The highest BCUT2D eigenvalue weighted by Crippen LogP contribution is 2.32. The van der Waals surface area contributed by atoms with E-state index in [4.69, 9.17) is 9.84 Å². The molecule has 1 heterocycles. The third kappa shape index (κ3) is 5.60. The number of benzene rings is 1. The molecule has 1 unspecified atom stereocenters. The number of aryl methyl sites for hydroxylation is 1. The van der Waals surface area contributed by atoms with E-state index in [1.165, 1.54) is 6.33 Å². The average molecular weight is 415 g/mol. The largest absolute Gasteiger partial charge is 0.760 e. The maximum Gasteiger partial charge on any atom is 0.224 e. The predicted molar refractivity (Wildman–Crippen MR) is 93.0 cm³/mol. The Morgan fingerprint density at radius 3 is 2.71 bits per heavy atom. The van der Waals surface area contributed by atoms with E-state index < -0.39 is 11.3 Å². The molecule has 2 N–H and O–H groups in total. The summed E-state index contributed by atoms with van der Waals surface area (Å²) in [6.45, 7) is 0.349. The molecule has 0 fully saturated rings. The van der Waals surface area contributed by atoms with Crippen LogP contribution in [-0.2, 0) is 17.7 Å². The number of nitrogens with one attached hydrogen (secondary N) is 1. The van der Waals surface area contributed by atoms with Gasteiger partial charge in [0.15, 0.2) is 0 Å². The molecule has 2 rings (SSSR count). The van der Waals surface area contributed by atoms with Crippen molar-refractivity contribution in [2.45, 2.75) is 12.8 Å². The summed E-state index contributed by atoms with van der Waals surface area (Å²) in [5, 5.41) is 8.98. The average Bonchev–Trinajstić information content (AvgIpc) is 2.57. The van der Waals surface area contributed by atoms with Crippen molar-refractivity contribution >= 4 is 27.2 Å². The van der Waals surface area contributed by atoms with Crippen molar-refractivity contribution in [1.82, 2.24) is 14.7 Å². The minimum atomic E-state index is -2.27. The van der Waals surface area contributed by atoms with Gasteiger partial charge in [0.05, 0.1) is 17.9 Å². The molecule has 1 atom stereocenters. The van der Waals surface area contributed by atoms with Crippen LogP contribution in [0.2, 0.25) is 0 Å². The quantitative estimate of drug-likeness (QED) is 0.476. The van der Waals surface area contributed by atoms with Gasteiger partial charge in [-0.3, -0.25) is 4.21 Å². The minimum absolute atomic E-state index is 0.113. The molecule has 0 saturated carbocycles. The van der Waals surface area contributed by atoms with Crippen LogP contribution in [0.25, 0.3) is 11.1 Å². The zero-order valence-electron chi connectivity index (χ0n) is 12.8. The summed E-state index contributed by atoms with van der Waals surface area (Å²) < 4.78 is 29.8. The van der Waals surface area contributed by atoms with Crippen LogP contribution in [0.15, 0.2) is 35.1 Å². The van der Waals surface area contributed by atoms with Crippen LogP contribution in [0.4, 0.5) is 0 Å². The fourth-order valence-corrected chi connectivity index (χ4v) is 2.74. The summed E-state index contributed by atoms with van der Waals surface area (Å²) >= 11 is 1.13. The molecule has 0 saturated heterocycles. The molecule has 0 aliphatic heterocycles. The first-order valence-electron chi connectivity index (χ1n) is 7.28. The smallest absolute Gasteiger partial charge is 0.224 e. The lowest BCUT2D eigenvalue weighted by Gasteiger charge is -2.14. The Morgan fingerprint density at radius 1 is 1.29 bits per heavy atom. The Bertz CT molecular complexity index is 685. The molecule has 0 aliphatic rings. The van der Waals surface area contributed by atoms with Crippen molar-refractivity contribution in [2.24, 2.45) is 0 Å². The summed E-state index contributed by atoms with van der Waals surface area (Å²) in [6, 6.07) is 7.65. The van der Waals surface area contributed by atoms with Gasteiger partial charge in [-0.25, -0.2) is 14.7 Å². The van der Waals surface area contributed by atoms with Crippen LogP contribution in [0, 0.1) is 0 Å². The first-order chi connectivity index (χ1) is 11.6. The lowest BCUT2D eigenvalue weighted by Crippen LogP contribution is -2.18. The molecule has 0 aliphatic carbocycles. The van der Waals surface area contributed by atoms with Crippen LogP contribution in [0.1, 0.15) is 12.1 Å². The van der Waals surface area contributed by atoms with Crippen molar-refractivity contribution in [2.75, 3.05) is 19.8 Å². The Kier molecular flexibility index (Phi) is 7.73. The third-order valence-corrected chi connectivity index (χ3v) is 4.13. The van der Waals surface area contributed by atoms with Gasteiger partial charge in [-0.05, 0) is 30.5 Å². The SMILES string of the molecule is O=S([O-])NCCCc1ncnc(OCCO)c1-c1ccc(Br)cc1. The van der Waals surface area contributed by atoms with Crippen molar-refractivity contribution in [3.8, 4) is 17.0 Å². The maximum absolute atomic E-state index is 10.5. The van der Waals surface area contributed by atoms with E-state index in [1.54, 1.807) is 0 Å². The fraction of sp³-hybridized carbons (Fsp3) is 0.333. The monoisotopic (exact) mass is 414 g/mol. The number of halogens is 1. The van der Waals surface area contributed by atoms with Gasteiger partial charge in [0.1, 0.15) is 12.9 Å². The Hall–Kier alpha value is -1.39. The summed E-state index contributed by atoms with van der Waals surface area (Å²) in [7, 11) is 0. The number of aliphatic hydroxyl groups excluding tert-OH is 1. The highest BCUT2D eigenvalue weighted by atomic mass is 79.9. The van der Waals surface area contributed by atoms with Crippen LogP contribution < -0.4 is 9.46 Å². The van der Waals surface area contributed by atoms with Gasteiger partial charge in [0.2, 0.25) is 5.88 Å².